The molecular formula is C15H17BrN4O2. The van der Waals surface area contributed by atoms with Gasteiger partial charge in [0.1, 0.15) is 5.75 Å². The molecule has 0 aliphatic carbocycles. The van der Waals surface area contributed by atoms with Gasteiger partial charge in [0.05, 0.1) is 19.3 Å². The third-order valence-electron chi connectivity index (χ3n) is 3.04. The van der Waals surface area contributed by atoms with Gasteiger partial charge in [0.25, 0.3) is 0 Å². The van der Waals surface area contributed by atoms with Crippen molar-refractivity contribution in [1.29, 1.82) is 0 Å². The van der Waals surface area contributed by atoms with E-state index in [-0.39, 0.29) is 6.54 Å². The van der Waals surface area contributed by atoms with E-state index in [9.17, 15) is 4.79 Å². The first-order valence-corrected chi connectivity index (χ1v) is 7.30. The minimum atomic E-state index is -0.509. The second kappa shape index (κ2) is 7.26. The summed E-state index contributed by atoms with van der Waals surface area (Å²) in [6, 6.07) is 13.9. The van der Waals surface area contributed by atoms with Crippen molar-refractivity contribution >= 4 is 27.6 Å². The number of carbonyl (C=O) groups is 1. The predicted octanol–water partition coefficient (Wildman–Crippen LogP) is 2.63. The molecule has 4 N–H and O–H groups in total. The number of amides is 2. The Balaban J connectivity index is 2.06. The molecule has 22 heavy (non-hydrogen) atoms. The summed E-state index contributed by atoms with van der Waals surface area (Å²) in [7, 11) is 1.58. The summed E-state index contributed by atoms with van der Waals surface area (Å²) in [4.78, 5) is 12.2. The second-order valence-corrected chi connectivity index (χ2v) is 5.52. The molecule has 0 spiro atoms. The van der Waals surface area contributed by atoms with Crippen molar-refractivity contribution in [3.8, 4) is 5.75 Å². The fourth-order valence-corrected chi connectivity index (χ4v) is 2.15. The first-order valence-electron chi connectivity index (χ1n) is 6.51. The number of hydrazine groups is 2. The minimum Gasteiger partial charge on any atom is -0.497 e. The van der Waals surface area contributed by atoms with E-state index in [0.717, 1.165) is 20.1 Å². The number of nitrogens with zero attached hydrogens (tertiary/aromatic N) is 2. The van der Waals surface area contributed by atoms with Crippen LogP contribution in [0.5, 0.6) is 5.75 Å². The van der Waals surface area contributed by atoms with Crippen molar-refractivity contribution in [2.75, 3.05) is 12.1 Å². The molecule has 0 aliphatic heterocycles. The molecule has 0 aromatic heterocycles. The van der Waals surface area contributed by atoms with Crippen LogP contribution in [0.1, 0.15) is 5.56 Å². The molecule has 6 nitrogen and oxygen atoms in total. The second-order valence-electron chi connectivity index (χ2n) is 4.61. The van der Waals surface area contributed by atoms with Gasteiger partial charge in [-0.1, -0.05) is 28.1 Å². The van der Waals surface area contributed by atoms with Gasteiger partial charge in [-0.05, 0) is 42.0 Å². The maximum atomic E-state index is 12.2. The van der Waals surface area contributed by atoms with Crippen LogP contribution in [-0.2, 0) is 6.54 Å². The van der Waals surface area contributed by atoms with E-state index in [1.807, 2.05) is 24.3 Å². The summed E-state index contributed by atoms with van der Waals surface area (Å²) >= 11 is 3.33. The van der Waals surface area contributed by atoms with Gasteiger partial charge in [-0.2, -0.15) is 0 Å². The molecule has 2 aromatic rings. The Labute approximate surface area is 137 Å². The summed E-state index contributed by atoms with van der Waals surface area (Å²) in [5, 5.41) is 2.06. The third kappa shape index (κ3) is 3.97. The van der Waals surface area contributed by atoms with Crippen LogP contribution in [0.15, 0.2) is 53.0 Å². The summed E-state index contributed by atoms with van der Waals surface area (Å²) in [5.74, 6) is 12.3. The molecular weight excluding hydrogens is 348 g/mol. The highest BCUT2D eigenvalue weighted by Gasteiger charge is 2.17. The standard InChI is InChI=1S/C15H17BrN4O2/c1-22-14-4-2-3-11(9-14)10-19(17)15(21)20(18)13-7-5-12(16)6-8-13/h2-9H,10,17-18H2,1H3. The quantitative estimate of drug-likeness (QED) is 0.496. The highest BCUT2D eigenvalue weighted by Crippen LogP contribution is 2.18. The van der Waals surface area contributed by atoms with Crippen molar-refractivity contribution in [2.24, 2.45) is 11.7 Å². The highest BCUT2D eigenvalue weighted by molar-refractivity contribution is 9.10. The molecule has 0 unspecified atom stereocenters. The molecule has 0 heterocycles. The van der Waals surface area contributed by atoms with Crippen LogP contribution in [0.3, 0.4) is 0 Å². The van der Waals surface area contributed by atoms with Gasteiger partial charge in [0.15, 0.2) is 0 Å². The van der Waals surface area contributed by atoms with Crippen LogP contribution >= 0.6 is 15.9 Å². The summed E-state index contributed by atoms with van der Waals surface area (Å²) < 4.78 is 6.04. The van der Waals surface area contributed by atoms with E-state index in [4.69, 9.17) is 16.4 Å². The molecule has 2 amide bonds. The van der Waals surface area contributed by atoms with Gasteiger partial charge in [0, 0.05) is 4.47 Å². The number of hydrogen-bond donors (Lipinski definition) is 2. The van der Waals surface area contributed by atoms with Crippen LogP contribution < -0.4 is 21.4 Å². The van der Waals surface area contributed by atoms with Crippen molar-refractivity contribution in [2.45, 2.75) is 6.54 Å². The van der Waals surface area contributed by atoms with Gasteiger partial charge in [-0.25, -0.2) is 21.5 Å². The van der Waals surface area contributed by atoms with Crippen molar-refractivity contribution < 1.29 is 9.53 Å². The van der Waals surface area contributed by atoms with E-state index in [1.165, 1.54) is 0 Å². The van der Waals surface area contributed by atoms with E-state index >= 15 is 0 Å². The Morgan fingerprint density at radius 2 is 1.86 bits per heavy atom. The summed E-state index contributed by atoms with van der Waals surface area (Å²) in [6.07, 6.45) is 0. The van der Waals surface area contributed by atoms with Crippen LogP contribution in [0, 0.1) is 0 Å². The lowest BCUT2D eigenvalue weighted by Gasteiger charge is -2.24. The Morgan fingerprint density at radius 3 is 2.50 bits per heavy atom. The molecule has 0 bridgehead atoms. The Bertz CT molecular complexity index is 648. The Morgan fingerprint density at radius 1 is 1.18 bits per heavy atom. The first kappa shape index (κ1) is 16.3. The number of urea groups is 1. The Kier molecular flexibility index (Phi) is 5.37. The number of anilines is 1. The number of rotatable bonds is 4. The van der Waals surface area contributed by atoms with Crippen LogP contribution in [0.4, 0.5) is 10.5 Å². The first-order chi connectivity index (χ1) is 10.5. The van der Waals surface area contributed by atoms with E-state index in [1.54, 1.807) is 31.4 Å². The number of hydrogen-bond acceptors (Lipinski definition) is 4. The van der Waals surface area contributed by atoms with Crippen molar-refractivity contribution in [3.05, 3.63) is 58.6 Å². The normalized spacial score (nSPS) is 10.2. The van der Waals surface area contributed by atoms with Gasteiger partial charge in [0.2, 0.25) is 0 Å². The largest absolute Gasteiger partial charge is 0.497 e. The molecule has 0 radical (unpaired) electrons. The number of halogens is 1. The van der Waals surface area contributed by atoms with E-state index in [2.05, 4.69) is 15.9 Å². The third-order valence-corrected chi connectivity index (χ3v) is 3.57. The average molecular weight is 365 g/mol. The minimum absolute atomic E-state index is 0.222. The average Bonchev–Trinajstić information content (AvgIpc) is 2.54. The fourth-order valence-electron chi connectivity index (χ4n) is 1.89. The van der Waals surface area contributed by atoms with Gasteiger partial charge >= 0.3 is 6.03 Å². The van der Waals surface area contributed by atoms with E-state index < -0.39 is 6.03 Å². The smallest absolute Gasteiger partial charge is 0.353 e. The van der Waals surface area contributed by atoms with Crippen LogP contribution in [-0.4, -0.2) is 18.1 Å². The highest BCUT2D eigenvalue weighted by atomic mass is 79.9. The Hall–Kier alpha value is -2.09. The van der Waals surface area contributed by atoms with Gasteiger partial charge < -0.3 is 4.74 Å². The molecule has 0 atom stereocenters. The summed E-state index contributed by atoms with van der Waals surface area (Å²) in [5.41, 5.74) is 1.40. The molecule has 0 fully saturated rings. The van der Waals surface area contributed by atoms with Crippen LogP contribution in [0.25, 0.3) is 0 Å². The lowest BCUT2D eigenvalue weighted by Crippen LogP contribution is -2.50. The maximum absolute atomic E-state index is 12.2. The van der Waals surface area contributed by atoms with Crippen LogP contribution in [0.2, 0.25) is 0 Å². The number of benzene rings is 2. The molecule has 7 heteroatoms. The zero-order valence-corrected chi connectivity index (χ0v) is 13.7. The molecule has 0 saturated heterocycles. The molecule has 0 saturated carbocycles. The maximum Gasteiger partial charge on any atom is 0.353 e. The zero-order chi connectivity index (χ0) is 16.1. The van der Waals surface area contributed by atoms with Crippen molar-refractivity contribution in [3.63, 3.8) is 0 Å². The summed E-state index contributed by atoms with van der Waals surface area (Å²) in [6.45, 7) is 0.222. The molecule has 116 valence electrons. The predicted molar refractivity (Wildman–Crippen MR) is 88.9 cm³/mol. The SMILES string of the molecule is COc1cccc(CN(N)C(=O)N(N)c2ccc(Br)cc2)c1. The fraction of sp³-hybridized carbons (Fsp3) is 0.133. The zero-order valence-electron chi connectivity index (χ0n) is 12.1. The number of methoxy groups -OCH3 is 1. The topological polar surface area (TPSA) is 84.8 Å². The molecule has 2 aromatic carbocycles. The number of nitrogens with two attached hydrogens (primary N) is 2. The monoisotopic (exact) mass is 364 g/mol. The van der Waals surface area contributed by atoms with Gasteiger partial charge in [-0.3, -0.25) is 5.01 Å². The van der Waals surface area contributed by atoms with Crippen molar-refractivity contribution in [1.82, 2.24) is 5.01 Å². The molecule has 0 aliphatic rings. The number of ether oxygens (including phenoxy) is 1. The molecule has 2 rings (SSSR count). The number of carbonyl (C=O) groups excluding carboxylic acids is 1. The van der Waals surface area contributed by atoms with Gasteiger partial charge in [-0.15, -0.1) is 0 Å². The lowest BCUT2D eigenvalue weighted by atomic mass is 10.2. The van der Waals surface area contributed by atoms with E-state index in [0.29, 0.717) is 11.4 Å². The lowest BCUT2D eigenvalue weighted by molar-refractivity contribution is 0.203.